The predicted molar refractivity (Wildman–Crippen MR) is 51.3 cm³/mol. The van der Waals surface area contributed by atoms with Crippen molar-refractivity contribution in [2.75, 3.05) is 33.5 Å². The Labute approximate surface area is 84.5 Å². The first-order valence-electron chi connectivity index (χ1n) is 5.03. The normalized spacial score (nSPS) is 17.1. The van der Waals surface area contributed by atoms with Crippen LogP contribution in [0.3, 0.4) is 0 Å². The summed E-state index contributed by atoms with van der Waals surface area (Å²) >= 11 is 0. The summed E-state index contributed by atoms with van der Waals surface area (Å²) in [5.41, 5.74) is 0. The van der Waals surface area contributed by atoms with Gasteiger partial charge in [0.05, 0.1) is 19.3 Å². The van der Waals surface area contributed by atoms with E-state index in [9.17, 15) is 4.79 Å². The maximum absolute atomic E-state index is 10.6. The van der Waals surface area contributed by atoms with Crippen molar-refractivity contribution in [1.82, 2.24) is 0 Å². The molecule has 1 aliphatic rings. The van der Waals surface area contributed by atoms with Crippen LogP contribution >= 0.6 is 0 Å². The highest BCUT2D eigenvalue weighted by molar-refractivity contribution is 5.85. The number of carbonyl (C=O) groups is 1. The van der Waals surface area contributed by atoms with Gasteiger partial charge in [-0.1, -0.05) is 0 Å². The van der Waals surface area contributed by atoms with Crippen LogP contribution in [0.5, 0.6) is 0 Å². The van der Waals surface area contributed by atoms with Gasteiger partial charge >= 0.3 is 0 Å². The molecule has 0 N–H and O–H groups in total. The van der Waals surface area contributed by atoms with Crippen LogP contribution in [-0.4, -0.2) is 45.4 Å². The number of Topliss-reactive ketones (excluding diaryl/α,β-unsaturated/α-hetero) is 1. The average molecular weight is 202 g/mol. The molecule has 1 saturated carbocycles. The van der Waals surface area contributed by atoms with Crippen molar-refractivity contribution in [3.8, 4) is 0 Å². The largest absolute Gasteiger partial charge is 0.382 e. The van der Waals surface area contributed by atoms with Crippen LogP contribution in [0, 0.1) is 0 Å². The first-order valence-corrected chi connectivity index (χ1v) is 5.03. The summed E-state index contributed by atoms with van der Waals surface area (Å²) < 4.78 is 15.5. The molecule has 0 heterocycles. The van der Waals surface area contributed by atoms with Crippen LogP contribution in [0.1, 0.15) is 19.3 Å². The van der Waals surface area contributed by atoms with Crippen LogP contribution in [-0.2, 0) is 19.0 Å². The van der Waals surface area contributed by atoms with E-state index in [1.165, 1.54) is 0 Å². The van der Waals surface area contributed by atoms with Crippen LogP contribution in [0.25, 0.3) is 0 Å². The third kappa shape index (κ3) is 4.69. The topological polar surface area (TPSA) is 44.8 Å². The molecule has 0 bridgehead atoms. The van der Waals surface area contributed by atoms with Crippen LogP contribution in [0.4, 0.5) is 0 Å². The fourth-order valence-electron chi connectivity index (χ4n) is 1.22. The van der Waals surface area contributed by atoms with E-state index in [1.54, 1.807) is 7.11 Å². The van der Waals surface area contributed by atoms with E-state index in [1.807, 2.05) is 0 Å². The summed E-state index contributed by atoms with van der Waals surface area (Å²) in [6.45, 7) is 2.66. The second-order valence-electron chi connectivity index (χ2n) is 3.40. The lowest BCUT2D eigenvalue weighted by atomic mass is 9.94. The van der Waals surface area contributed by atoms with E-state index in [-0.39, 0.29) is 6.10 Å². The Morgan fingerprint density at radius 2 is 2.00 bits per heavy atom. The number of rotatable bonds is 8. The van der Waals surface area contributed by atoms with Crippen molar-refractivity contribution in [3.63, 3.8) is 0 Å². The Bertz CT molecular complexity index is 162. The lowest BCUT2D eigenvalue weighted by molar-refractivity contribution is -0.134. The second kappa shape index (κ2) is 6.92. The number of carbonyl (C=O) groups excluding carboxylic acids is 1. The standard InChI is InChI=1S/C10H18O4/c1-12-5-6-13-3-2-4-14-10-7-9(11)8-10/h10H,2-8H2,1H3. The number of ketones is 1. The molecule has 0 saturated heterocycles. The number of methoxy groups -OCH3 is 1. The number of hydrogen-bond acceptors (Lipinski definition) is 4. The fourth-order valence-corrected chi connectivity index (χ4v) is 1.22. The van der Waals surface area contributed by atoms with Gasteiger partial charge in [-0.3, -0.25) is 4.79 Å². The first kappa shape index (κ1) is 11.6. The van der Waals surface area contributed by atoms with Crippen LogP contribution in [0.15, 0.2) is 0 Å². The summed E-state index contributed by atoms with van der Waals surface area (Å²) in [5, 5.41) is 0. The molecule has 4 nitrogen and oxygen atoms in total. The number of ether oxygens (including phenoxy) is 3. The van der Waals surface area contributed by atoms with E-state index in [0.717, 1.165) is 6.42 Å². The number of hydrogen-bond donors (Lipinski definition) is 0. The van der Waals surface area contributed by atoms with Gasteiger partial charge in [0.1, 0.15) is 5.78 Å². The molecule has 1 fully saturated rings. The van der Waals surface area contributed by atoms with Crippen LogP contribution < -0.4 is 0 Å². The van der Waals surface area contributed by atoms with E-state index in [4.69, 9.17) is 14.2 Å². The molecule has 82 valence electrons. The summed E-state index contributed by atoms with van der Waals surface area (Å²) in [6, 6.07) is 0. The van der Waals surface area contributed by atoms with Crippen molar-refractivity contribution < 1.29 is 19.0 Å². The third-order valence-corrected chi connectivity index (χ3v) is 2.13. The average Bonchev–Trinajstić information content (AvgIpc) is 2.13. The van der Waals surface area contributed by atoms with Gasteiger partial charge in [0, 0.05) is 33.2 Å². The molecule has 0 aliphatic heterocycles. The fraction of sp³-hybridized carbons (Fsp3) is 0.900. The maximum atomic E-state index is 10.6. The predicted octanol–water partition coefficient (Wildman–Crippen LogP) is 0.788. The summed E-state index contributed by atoms with van der Waals surface area (Å²) in [7, 11) is 1.65. The van der Waals surface area contributed by atoms with Gasteiger partial charge in [-0.15, -0.1) is 0 Å². The van der Waals surface area contributed by atoms with E-state index < -0.39 is 0 Å². The molecule has 1 rings (SSSR count). The Kier molecular flexibility index (Phi) is 5.75. The first-order chi connectivity index (χ1) is 6.83. The Morgan fingerprint density at radius 1 is 1.21 bits per heavy atom. The third-order valence-electron chi connectivity index (χ3n) is 2.13. The molecular weight excluding hydrogens is 184 g/mol. The molecule has 1 aliphatic carbocycles. The maximum Gasteiger partial charge on any atom is 0.138 e. The van der Waals surface area contributed by atoms with Gasteiger partial charge in [-0.25, -0.2) is 0 Å². The minimum Gasteiger partial charge on any atom is -0.382 e. The van der Waals surface area contributed by atoms with E-state index in [0.29, 0.717) is 45.1 Å². The SMILES string of the molecule is COCCOCCCOC1CC(=O)C1. The van der Waals surface area contributed by atoms with Gasteiger partial charge in [-0.05, 0) is 6.42 Å². The molecular formula is C10H18O4. The summed E-state index contributed by atoms with van der Waals surface area (Å²) in [4.78, 5) is 10.6. The summed E-state index contributed by atoms with van der Waals surface area (Å²) in [5.74, 6) is 0.311. The zero-order valence-electron chi connectivity index (χ0n) is 8.66. The smallest absolute Gasteiger partial charge is 0.138 e. The van der Waals surface area contributed by atoms with Crippen molar-refractivity contribution in [2.45, 2.75) is 25.4 Å². The van der Waals surface area contributed by atoms with E-state index in [2.05, 4.69) is 0 Å². The van der Waals surface area contributed by atoms with Gasteiger partial charge in [0.25, 0.3) is 0 Å². The minimum atomic E-state index is 0.182. The quantitative estimate of drug-likeness (QED) is 0.546. The highest BCUT2D eigenvalue weighted by atomic mass is 16.5. The van der Waals surface area contributed by atoms with Crippen molar-refractivity contribution >= 4 is 5.78 Å². The summed E-state index contributed by atoms with van der Waals surface area (Å²) in [6.07, 6.45) is 2.27. The Balaban J connectivity index is 1.74. The van der Waals surface area contributed by atoms with Crippen molar-refractivity contribution in [1.29, 1.82) is 0 Å². The highest BCUT2D eigenvalue weighted by Gasteiger charge is 2.26. The minimum absolute atomic E-state index is 0.182. The molecule has 4 heteroatoms. The monoisotopic (exact) mass is 202 g/mol. The van der Waals surface area contributed by atoms with E-state index >= 15 is 0 Å². The molecule has 0 aromatic rings. The Morgan fingerprint density at radius 3 is 2.64 bits per heavy atom. The zero-order valence-corrected chi connectivity index (χ0v) is 8.66. The van der Waals surface area contributed by atoms with Gasteiger partial charge in [-0.2, -0.15) is 0 Å². The molecule has 0 unspecified atom stereocenters. The molecule has 0 aromatic carbocycles. The molecule has 0 aromatic heterocycles. The molecule has 14 heavy (non-hydrogen) atoms. The van der Waals surface area contributed by atoms with Gasteiger partial charge < -0.3 is 14.2 Å². The van der Waals surface area contributed by atoms with Crippen molar-refractivity contribution in [3.05, 3.63) is 0 Å². The lowest BCUT2D eigenvalue weighted by Gasteiger charge is -2.24. The molecule has 0 atom stereocenters. The van der Waals surface area contributed by atoms with Gasteiger partial charge in [0.2, 0.25) is 0 Å². The Hall–Kier alpha value is -0.450. The zero-order chi connectivity index (χ0) is 10.2. The lowest BCUT2D eigenvalue weighted by Crippen LogP contribution is -2.31. The molecule has 0 spiro atoms. The molecule has 0 amide bonds. The highest BCUT2D eigenvalue weighted by Crippen LogP contribution is 2.17. The molecule has 0 radical (unpaired) electrons. The van der Waals surface area contributed by atoms with Gasteiger partial charge in [0.15, 0.2) is 0 Å². The second-order valence-corrected chi connectivity index (χ2v) is 3.40. The van der Waals surface area contributed by atoms with Crippen molar-refractivity contribution in [2.24, 2.45) is 0 Å². The van der Waals surface area contributed by atoms with Crippen LogP contribution in [0.2, 0.25) is 0 Å².